The highest BCUT2D eigenvalue weighted by molar-refractivity contribution is 6.16. The molecule has 6 nitrogen and oxygen atoms in total. The van der Waals surface area contributed by atoms with Gasteiger partial charge in [0.25, 0.3) is 0 Å². The van der Waals surface area contributed by atoms with Crippen molar-refractivity contribution in [3.05, 3.63) is 11.5 Å². The van der Waals surface area contributed by atoms with E-state index in [1.807, 2.05) is 11.7 Å². The molecule has 0 bridgehead atoms. The minimum Gasteiger partial charge on any atom is -0.382 e. The Labute approximate surface area is 123 Å². The highest BCUT2D eigenvalue weighted by Crippen LogP contribution is 2.21. The number of fused-ring (bicyclic) bond motifs is 1. The van der Waals surface area contributed by atoms with E-state index >= 15 is 0 Å². The molecule has 1 atom stereocenters. The number of hydrogen-bond donors (Lipinski definition) is 0. The smallest absolute Gasteiger partial charge is 0.158 e. The molecular formula is C13H21ClN4O2. The third-order valence-electron chi connectivity index (χ3n) is 3.40. The summed E-state index contributed by atoms with van der Waals surface area (Å²) in [6.07, 6.45) is 0.807. The summed E-state index contributed by atoms with van der Waals surface area (Å²) in [5.41, 5.74) is 2.90. The first-order valence-electron chi connectivity index (χ1n) is 6.64. The lowest BCUT2D eigenvalue weighted by atomic mass is 10.3. The molecule has 0 saturated carbocycles. The van der Waals surface area contributed by atoms with Gasteiger partial charge < -0.3 is 14.0 Å². The standard InChI is InChI=1S/C13H21ClN4O2/c1-5-10-12-13(17(2)16-10)18(11(6-14)15-12)7-9(20-4)8-19-3/h9H,5-8H2,1-4H3. The van der Waals surface area contributed by atoms with Crippen molar-refractivity contribution in [1.82, 2.24) is 19.3 Å². The number of imidazole rings is 1. The van der Waals surface area contributed by atoms with Gasteiger partial charge in [-0.15, -0.1) is 11.6 Å². The fraction of sp³-hybridized carbons (Fsp3) is 0.692. The number of hydrogen-bond acceptors (Lipinski definition) is 4. The van der Waals surface area contributed by atoms with Crippen LogP contribution < -0.4 is 0 Å². The van der Waals surface area contributed by atoms with Gasteiger partial charge in [-0.1, -0.05) is 6.92 Å². The summed E-state index contributed by atoms with van der Waals surface area (Å²) in [6, 6.07) is 0. The minimum atomic E-state index is -0.0423. The lowest BCUT2D eigenvalue weighted by Gasteiger charge is -2.17. The van der Waals surface area contributed by atoms with Crippen LogP contribution in [0.3, 0.4) is 0 Å². The number of methoxy groups -OCH3 is 2. The van der Waals surface area contributed by atoms with Crippen molar-refractivity contribution in [2.75, 3.05) is 20.8 Å². The fourth-order valence-electron chi connectivity index (χ4n) is 2.40. The predicted molar refractivity (Wildman–Crippen MR) is 78.1 cm³/mol. The zero-order valence-corrected chi connectivity index (χ0v) is 13.1. The molecule has 0 spiro atoms. The zero-order valence-electron chi connectivity index (χ0n) is 12.4. The molecule has 112 valence electrons. The Morgan fingerprint density at radius 3 is 2.65 bits per heavy atom. The van der Waals surface area contributed by atoms with Crippen molar-refractivity contribution in [3.63, 3.8) is 0 Å². The first-order valence-corrected chi connectivity index (χ1v) is 7.18. The molecule has 0 radical (unpaired) electrons. The van der Waals surface area contributed by atoms with Crippen LogP contribution in [0.25, 0.3) is 11.2 Å². The lowest BCUT2D eigenvalue weighted by molar-refractivity contribution is 0.0185. The Balaban J connectivity index is 2.46. The van der Waals surface area contributed by atoms with E-state index in [9.17, 15) is 0 Å². The SMILES string of the molecule is CCc1nn(C)c2c1nc(CCl)n2CC(COC)OC. The molecule has 0 aliphatic heterocycles. The van der Waals surface area contributed by atoms with Gasteiger partial charge in [0.05, 0.1) is 30.8 Å². The van der Waals surface area contributed by atoms with Crippen molar-refractivity contribution in [2.24, 2.45) is 7.05 Å². The fourth-order valence-corrected chi connectivity index (χ4v) is 2.61. The molecule has 0 N–H and O–H groups in total. The third kappa shape index (κ3) is 2.68. The molecule has 0 aromatic carbocycles. The van der Waals surface area contributed by atoms with E-state index < -0.39 is 0 Å². The van der Waals surface area contributed by atoms with E-state index in [-0.39, 0.29) is 6.10 Å². The summed E-state index contributed by atoms with van der Waals surface area (Å²) in [4.78, 5) is 4.62. The van der Waals surface area contributed by atoms with Crippen LogP contribution in [0.4, 0.5) is 0 Å². The average Bonchev–Trinajstić information content (AvgIpc) is 2.96. The average molecular weight is 301 g/mol. The van der Waals surface area contributed by atoms with Gasteiger partial charge in [0.1, 0.15) is 11.3 Å². The van der Waals surface area contributed by atoms with Gasteiger partial charge in [0.2, 0.25) is 0 Å². The highest BCUT2D eigenvalue weighted by Gasteiger charge is 2.20. The second-order valence-corrected chi connectivity index (χ2v) is 4.95. The van der Waals surface area contributed by atoms with Crippen molar-refractivity contribution < 1.29 is 9.47 Å². The van der Waals surface area contributed by atoms with Gasteiger partial charge in [-0.25, -0.2) is 4.98 Å². The Morgan fingerprint density at radius 1 is 1.35 bits per heavy atom. The van der Waals surface area contributed by atoms with Gasteiger partial charge in [-0.2, -0.15) is 5.10 Å². The number of rotatable bonds is 7. The van der Waals surface area contributed by atoms with Crippen LogP contribution in [0, 0.1) is 0 Å². The van der Waals surface area contributed by atoms with Crippen LogP contribution in [0.15, 0.2) is 0 Å². The van der Waals surface area contributed by atoms with E-state index in [1.54, 1.807) is 14.2 Å². The van der Waals surface area contributed by atoms with Crippen LogP contribution >= 0.6 is 11.6 Å². The zero-order chi connectivity index (χ0) is 14.7. The second kappa shape index (κ2) is 6.56. The molecule has 20 heavy (non-hydrogen) atoms. The molecule has 0 fully saturated rings. The Bertz CT molecular complexity index is 578. The van der Waals surface area contributed by atoms with Gasteiger partial charge in [0, 0.05) is 21.3 Å². The molecule has 0 amide bonds. The number of aryl methyl sites for hydroxylation is 2. The van der Waals surface area contributed by atoms with Gasteiger partial charge >= 0.3 is 0 Å². The predicted octanol–water partition coefficient (Wildman–Crippen LogP) is 1.73. The van der Waals surface area contributed by atoms with E-state index in [0.717, 1.165) is 29.1 Å². The van der Waals surface area contributed by atoms with Crippen molar-refractivity contribution in [2.45, 2.75) is 31.9 Å². The molecule has 1 unspecified atom stereocenters. The molecular weight excluding hydrogens is 280 g/mol. The third-order valence-corrected chi connectivity index (χ3v) is 3.64. The number of halogens is 1. The van der Waals surface area contributed by atoms with Gasteiger partial charge in [-0.05, 0) is 6.42 Å². The molecule has 0 aliphatic carbocycles. The van der Waals surface area contributed by atoms with Gasteiger partial charge in [-0.3, -0.25) is 4.68 Å². The second-order valence-electron chi connectivity index (χ2n) is 4.68. The first kappa shape index (κ1) is 15.3. The van der Waals surface area contributed by atoms with Crippen molar-refractivity contribution in [3.8, 4) is 0 Å². The van der Waals surface area contributed by atoms with E-state index in [1.165, 1.54) is 0 Å². The van der Waals surface area contributed by atoms with Crippen LogP contribution in [-0.4, -0.2) is 46.3 Å². The number of nitrogens with zero attached hydrogens (tertiary/aromatic N) is 4. The normalized spacial score (nSPS) is 13.2. The minimum absolute atomic E-state index is 0.0423. The molecule has 2 rings (SSSR count). The number of alkyl halides is 1. The summed E-state index contributed by atoms with van der Waals surface area (Å²) in [5.74, 6) is 1.20. The maximum Gasteiger partial charge on any atom is 0.158 e. The molecule has 2 heterocycles. The van der Waals surface area contributed by atoms with Crippen molar-refractivity contribution in [1.29, 1.82) is 0 Å². The topological polar surface area (TPSA) is 54.1 Å². The van der Waals surface area contributed by atoms with E-state index in [4.69, 9.17) is 21.1 Å². The lowest BCUT2D eigenvalue weighted by Crippen LogP contribution is -2.25. The van der Waals surface area contributed by atoms with Crippen LogP contribution in [0.5, 0.6) is 0 Å². The Kier molecular flexibility index (Phi) is 5.01. The highest BCUT2D eigenvalue weighted by atomic mass is 35.5. The number of aromatic nitrogens is 4. The molecule has 2 aromatic rings. The summed E-state index contributed by atoms with van der Waals surface area (Å²) in [5, 5.41) is 4.50. The molecule has 0 saturated heterocycles. The summed E-state index contributed by atoms with van der Waals surface area (Å²) in [6.45, 7) is 3.24. The number of ether oxygens (including phenoxy) is 2. The Hall–Kier alpha value is -1.11. The Morgan fingerprint density at radius 2 is 2.10 bits per heavy atom. The van der Waals surface area contributed by atoms with Crippen LogP contribution in [-0.2, 0) is 35.4 Å². The van der Waals surface area contributed by atoms with Crippen LogP contribution in [0.2, 0.25) is 0 Å². The van der Waals surface area contributed by atoms with E-state index in [0.29, 0.717) is 19.0 Å². The molecule has 2 aromatic heterocycles. The maximum atomic E-state index is 6.03. The van der Waals surface area contributed by atoms with Crippen molar-refractivity contribution >= 4 is 22.8 Å². The summed E-state index contributed by atoms with van der Waals surface area (Å²) >= 11 is 6.03. The first-order chi connectivity index (χ1) is 9.65. The van der Waals surface area contributed by atoms with Crippen LogP contribution in [0.1, 0.15) is 18.4 Å². The quantitative estimate of drug-likeness (QED) is 0.731. The molecule has 0 aliphatic rings. The summed E-state index contributed by atoms with van der Waals surface area (Å²) in [7, 11) is 5.27. The monoisotopic (exact) mass is 300 g/mol. The summed E-state index contributed by atoms with van der Waals surface area (Å²) < 4.78 is 14.5. The van der Waals surface area contributed by atoms with Gasteiger partial charge in [0.15, 0.2) is 5.65 Å². The largest absolute Gasteiger partial charge is 0.382 e. The van der Waals surface area contributed by atoms with E-state index in [2.05, 4.69) is 21.6 Å². The maximum absolute atomic E-state index is 6.03. The molecule has 7 heteroatoms.